The van der Waals surface area contributed by atoms with Gasteiger partial charge >= 0.3 is 5.97 Å². The van der Waals surface area contributed by atoms with Gasteiger partial charge in [0.2, 0.25) is 5.78 Å². The fourth-order valence-corrected chi connectivity index (χ4v) is 0.454. The highest BCUT2D eigenvalue weighted by atomic mass is 16.5. The van der Waals surface area contributed by atoms with Gasteiger partial charge in [0, 0.05) is 11.3 Å². The van der Waals surface area contributed by atoms with E-state index in [4.69, 9.17) is 0 Å². The average Bonchev–Trinajstić information content (AvgIpc) is 2.18. The van der Waals surface area contributed by atoms with E-state index in [2.05, 4.69) is 28.4 Å². The number of hydrogen-bond acceptors (Lipinski definition) is 3. The summed E-state index contributed by atoms with van der Waals surface area (Å²) in [6, 6.07) is 0. The molecule has 0 aliphatic heterocycles. The number of ether oxygens (including phenoxy) is 1. The largest absolute Gasteiger partial charge is 0.459 e. The quantitative estimate of drug-likeness (QED) is 0.272. The van der Waals surface area contributed by atoms with Crippen molar-refractivity contribution in [1.82, 2.24) is 0 Å². The second-order valence-corrected chi connectivity index (χ2v) is 3.82. The minimum absolute atomic E-state index is 0.00463. The molecule has 88 valence electrons. The van der Waals surface area contributed by atoms with Crippen LogP contribution in [0.4, 0.5) is 0 Å². The van der Waals surface area contributed by atoms with E-state index in [1.54, 1.807) is 13.8 Å². The minimum atomic E-state index is -0.484. The van der Waals surface area contributed by atoms with Gasteiger partial charge < -0.3 is 4.74 Å². The van der Waals surface area contributed by atoms with Crippen molar-refractivity contribution in [3.8, 4) is 23.7 Å². The molecule has 0 radical (unpaired) electrons. The van der Waals surface area contributed by atoms with E-state index in [9.17, 15) is 9.59 Å². The number of ketones is 1. The Morgan fingerprint density at radius 2 is 1.44 bits per heavy atom. The molecule has 0 aromatic carbocycles. The zero-order valence-electron chi connectivity index (χ0n) is 10.7. The molecular formula is C13H18O3. The van der Waals surface area contributed by atoms with Crippen molar-refractivity contribution in [2.24, 2.45) is 5.41 Å². The molecule has 16 heavy (non-hydrogen) atoms. The number of hydrogen-bond donors (Lipinski definition) is 0. The van der Waals surface area contributed by atoms with Crippen molar-refractivity contribution in [1.29, 1.82) is 0 Å². The smallest absolute Gasteiger partial charge is 0.384 e. The zero-order valence-corrected chi connectivity index (χ0v) is 10.7. The van der Waals surface area contributed by atoms with Gasteiger partial charge in [0.05, 0.1) is 7.11 Å². The molecule has 0 atom stereocenters. The second-order valence-electron chi connectivity index (χ2n) is 3.82. The Balaban J connectivity index is 0. The lowest BCUT2D eigenvalue weighted by Gasteiger charge is -2.10. The lowest BCUT2D eigenvalue weighted by atomic mass is 9.91. The van der Waals surface area contributed by atoms with E-state index < -0.39 is 5.97 Å². The predicted octanol–water partition coefficient (Wildman–Crippen LogP) is 1.81. The highest BCUT2D eigenvalue weighted by Gasteiger charge is 2.18. The molecule has 3 nitrogen and oxygen atoms in total. The molecule has 0 aromatic heterocycles. The number of carbonyl (C=O) groups excluding carboxylic acids is 2. The Bertz CT molecular complexity index is 351. The van der Waals surface area contributed by atoms with Crippen LogP contribution in [0.1, 0.15) is 34.6 Å². The Morgan fingerprint density at radius 1 is 1.00 bits per heavy atom. The first-order chi connectivity index (χ1) is 7.29. The Morgan fingerprint density at radius 3 is 1.56 bits per heavy atom. The van der Waals surface area contributed by atoms with Gasteiger partial charge in [-0.2, -0.15) is 0 Å². The molecule has 3 heteroatoms. The van der Waals surface area contributed by atoms with Gasteiger partial charge in [0.15, 0.2) is 0 Å². The average molecular weight is 222 g/mol. The van der Waals surface area contributed by atoms with Crippen LogP contribution in [-0.2, 0) is 14.3 Å². The summed E-state index contributed by atoms with van der Waals surface area (Å²) in [4.78, 5) is 20.9. The summed E-state index contributed by atoms with van der Waals surface area (Å²) < 4.78 is 4.18. The molecular weight excluding hydrogens is 204 g/mol. The molecule has 0 saturated heterocycles. The van der Waals surface area contributed by atoms with Gasteiger partial charge in [-0.05, 0) is 19.8 Å². The van der Waals surface area contributed by atoms with Gasteiger partial charge in [-0.15, -0.1) is 0 Å². The molecule has 0 bridgehead atoms. The van der Waals surface area contributed by atoms with Crippen LogP contribution in [-0.4, -0.2) is 18.9 Å². The van der Waals surface area contributed by atoms with E-state index in [1.807, 2.05) is 20.8 Å². The number of methoxy groups -OCH3 is 1. The Hall–Kier alpha value is -1.74. The van der Waals surface area contributed by atoms with Crippen molar-refractivity contribution in [2.75, 3.05) is 7.11 Å². The van der Waals surface area contributed by atoms with E-state index >= 15 is 0 Å². The first kappa shape index (κ1) is 16.7. The van der Waals surface area contributed by atoms with Crippen molar-refractivity contribution < 1.29 is 14.3 Å². The summed E-state index contributed by atoms with van der Waals surface area (Å²) in [7, 11) is 1.30. The van der Waals surface area contributed by atoms with E-state index in [1.165, 1.54) is 7.11 Å². The third kappa shape index (κ3) is 10.3. The summed E-state index contributed by atoms with van der Waals surface area (Å²) in [5, 5.41) is 0. The maximum absolute atomic E-state index is 10.9. The van der Waals surface area contributed by atoms with Crippen LogP contribution in [0.5, 0.6) is 0 Å². The van der Waals surface area contributed by atoms with Crippen LogP contribution in [0.3, 0.4) is 0 Å². The first-order valence-corrected chi connectivity index (χ1v) is 4.77. The highest BCUT2D eigenvalue weighted by molar-refractivity contribution is 5.99. The maximum Gasteiger partial charge on any atom is 0.384 e. The van der Waals surface area contributed by atoms with Crippen LogP contribution in [0, 0.1) is 29.1 Å². The van der Waals surface area contributed by atoms with Gasteiger partial charge in [0.1, 0.15) is 0 Å². The standard InChI is InChI=1S/C8H12O.C5H6O2/c1-5-6-7(9)8(2,3)4;1-3-4-5(6)7-2/h1-4H3;1-2H3. The van der Waals surface area contributed by atoms with E-state index in [-0.39, 0.29) is 11.2 Å². The third-order valence-electron chi connectivity index (χ3n) is 1.33. The minimum Gasteiger partial charge on any atom is -0.459 e. The molecule has 0 aromatic rings. The molecule has 0 heterocycles. The third-order valence-corrected chi connectivity index (χ3v) is 1.33. The van der Waals surface area contributed by atoms with E-state index in [0.29, 0.717) is 0 Å². The Kier molecular flexibility index (Phi) is 8.92. The summed E-state index contributed by atoms with van der Waals surface area (Å²) in [5.74, 6) is 9.17. The predicted molar refractivity (Wildman–Crippen MR) is 63.4 cm³/mol. The van der Waals surface area contributed by atoms with Gasteiger partial charge in [-0.25, -0.2) is 4.79 Å². The summed E-state index contributed by atoms with van der Waals surface area (Å²) in [6.45, 7) is 8.83. The number of rotatable bonds is 0. The fraction of sp³-hybridized carbons (Fsp3) is 0.538. The van der Waals surface area contributed by atoms with Gasteiger partial charge in [-0.3, -0.25) is 4.79 Å². The molecule has 0 unspecified atom stereocenters. The van der Waals surface area contributed by atoms with Crippen LogP contribution >= 0.6 is 0 Å². The normalized spacial score (nSPS) is 8.12. The van der Waals surface area contributed by atoms with Crippen molar-refractivity contribution >= 4 is 11.8 Å². The topological polar surface area (TPSA) is 43.4 Å². The second kappa shape index (κ2) is 8.56. The first-order valence-electron chi connectivity index (χ1n) is 4.77. The molecule has 0 spiro atoms. The Labute approximate surface area is 97.6 Å². The summed E-state index contributed by atoms with van der Waals surface area (Å²) in [6.07, 6.45) is 0. The van der Waals surface area contributed by atoms with E-state index in [0.717, 1.165) is 0 Å². The van der Waals surface area contributed by atoms with Crippen molar-refractivity contribution in [3.63, 3.8) is 0 Å². The monoisotopic (exact) mass is 222 g/mol. The lowest BCUT2D eigenvalue weighted by molar-refractivity contribution is -0.133. The molecule has 0 amide bonds. The summed E-state index contributed by atoms with van der Waals surface area (Å²) >= 11 is 0. The van der Waals surface area contributed by atoms with Crippen LogP contribution in [0.15, 0.2) is 0 Å². The number of esters is 1. The molecule has 0 fully saturated rings. The van der Waals surface area contributed by atoms with Crippen LogP contribution in [0.2, 0.25) is 0 Å². The van der Waals surface area contributed by atoms with Gasteiger partial charge in [-0.1, -0.05) is 32.6 Å². The zero-order chi connectivity index (χ0) is 13.2. The molecule has 0 saturated carbocycles. The van der Waals surface area contributed by atoms with Crippen molar-refractivity contribution in [3.05, 3.63) is 0 Å². The SMILES string of the molecule is CC#CC(=O)C(C)(C)C.CC#CC(=O)OC. The van der Waals surface area contributed by atoms with Crippen molar-refractivity contribution in [2.45, 2.75) is 34.6 Å². The lowest BCUT2D eigenvalue weighted by Crippen LogP contribution is -2.17. The van der Waals surface area contributed by atoms with Gasteiger partial charge in [0.25, 0.3) is 0 Å². The van der Waals surface area contributed by atoms with Crippen LogP contribution < -0.4 is 0 Å². The number of carbonyl (C=O) groups is 2. The molecule has 0 aliphatic rings. The fourth-order valence-electron chi connectivity index (χ4n) is 0.454. The molecule has 0 aliphatic carbocycles. The van der Waals surface area contributed by atoms with Crippen LogP contribution in [0.25, 0.3) is 0 Å². The molecule has 0 N–H and O–H groups in total. The highest BCUT2D eigenvalue weighted by Crippen LogP contribution is 2.12. The molecule has 0 rings (SSSR count). The summed E-state index contributed by atoms with van der Waals surface area (Å²) in [5.41, 5.74) is -0.303. The maximum atomic E-state index is 10.9. The number of Topliss-reactive ketones (excluding diaryl/α,β-unsaturated/α-hetero) is 1.